The van der Waals surface area contributed by atoms with Crippen molar-refractivity contribution in [1.82, 2.24) is 39.9 Å². The summed E-state index contributed by atoms with van der Waals surface area (Å²) in [6, 6.07) is 112. The zero-order valence-corrected chi connectivity index (χ0v) is 68.5. The molecule has 1 fully saturated rings. The van der Waals surface area contributed by atoms with E-state index in [1.165, 1.54) is 39.6 Å². The van der Waals surface area contributed by atoms with Crippen LogP contribution in [0.15, 0.2) is 364 Å². The lowest BCUT2D eigenvalue weighted by Crippen LogP contribution is -2.63. The van der Waals surface area contributed by atoms with Gasteiger partial charge in [-0.3, -0.25) is 9.97 Å². The number of halogens is 9. The third-order valence-electron chi connectivity index (χ3n) is 22.3. The monoisotopic (exact) mass is 1700 g/mol. The average Bonchev–Trinajstić information content (AvgIpc) is 1.16. The molecule has 622 valence electrons. The van der Waals surface area contributed by atoms with Crippen molar-refractivity contribution < 1.29 is 61.4 Å². The minimum atomic E-state index is -7.43. The third kappa shape index (κ3) is 16.5. The Hall–Kier alpha value is -14.5. The van der Waals surface area contributed by atoms with Gasteiger partial charge in [-0.1, -0.05) is 334 Å². The Morgan fingerprint density at radius 1 is 0.286 bits per heavy atom. The van der Waals surface area contributed by atoms with Gasteiger partial charge in [-0.15, -0.1) is 0 Å². The summed E-state index contributed by atoms with van der Waals surface area (Å²) in [7, 11) is -7.48. The second-order valence-electron chi connectivity index (χ2n) is 30.8. The number of fused-ring (bicyclic) bond motifs is 4. The molecule has 0 bridgehead atoms. The first kappa shape index (κ1) is 83.8. The van der Waals surface area contributed by atoms with Crippen molar-refractivity contribution >= 4 is 66.1 Å². The molecule has 18 aromatic rings. The summed E-state index contributed by atoms with van der Waals surface area (Å²) in [5.41, 5.74) is 17.4. The second kappa shape index (κ2) is 34.0. The topological polar surface area (TPSA) is 165 Å². The van der Waals surface area contributed by atoms with Crippen LogP contribution in [0, 0.1) is 0 Å². The maximum absolute atomic E-state index is 14.4. The highest BCUT2D eigenvalue weighted by molar-refractivity contribution is 7.88. The summed E-state index contributed by atoms with van der Waals surface area (Å²) >= 11 is 0. The first-order valence-electron chi connectivity index (χ1n) is 40.0. The Bertz CT molecular complexity index is 7020. The Morgan fingerprint density at radius 2 is 0.556 bits per heavy atom. The molecule has 4 aromatic heterocycles. The predicted octanol–water partition coefficient (Wildman–Crippen LogP) is 25.6. The third-order valence-corrected chi connectivity index (χ3v) is 23.5. The zero-order chi connectivity index (χ0) is 87.8. The molecule has 1 saturated heterocycles. The summed E-state index contributed by atoms with van der Waals surface area (Å²) in [4.78, 5) is 37.8. The minimum Gasteiger partial charge on any atom is -0.399 e. The molecule has 126 heavy (non-hydrogen) atoms. The number of aromatic nitrogens is 8. The molecular formula is C102H72BF9N8O5S. The van der Waals surface area contributed by atoms with Gasteiger partial charge in [0.2, 0.25) is 0 Å². The van der Waals surface area contributed by atoms with Gasteiger partial charge in [0, 0.05) is 73.1 Å². The molecule has 0 aliphatic carbocycles. The van der Waals surface area contributed by atoms with Crippen LogP contribution < -0.4 is 9.65 Å². The number of rotatable bonds is 17. The predicted molar refractivity (Wildman–Crippen MR) is 478 cm³/mol. The van der Waals surface area contributed by atoms with Crippen LogP contribution in [0.4, 0.5) is 39.5 Å². The smallest absolute Gasteiger partial charge is 0.399 e. The molecule has 0 N–H and O–H groups in total. The maximum Gasteiger partial charge on any atom is 0.494 e. The van der Waals surface area contributed by atoms with Crippen molar-refractivity contribution in [3.8, 4) is 130 Å². The number of hydrogen-bond acceptors (Lipinski definition) is 13. The fourth-order valence-electron chi connectivity index (χ4n) is 14.9. The van der Waals surface area contributed by atoms with E-state index in [4.69, 9.17) is 24.3 Å². The van der Waals surface area contributed by atoms with E-state index in [1.54, 1.807) is 30.3 Å². The molecule has 0 radical (unpaired) electrons. The zero-order valence-electron chi connectivity index (χ0n) is 67.6. The number of nitrogens with zero attached hydrogens (tertiary/aromatic N) is 8. The Balaban J connectivity index is 0.000000141. The molecule has 0 unspecified atom stereocenters. The number of para-hydroxylation sites is 2. The van der Waals surface area contributed by atoms with Crippen LogP contribution >= 0.6 is 0 Å². The van der Waals surface area contributed by atoms with E-state index in [9.17, 15) is 47.9 Å². The highest BCUT2D eigenvalue weighted by atomic mass is 32.2. The van der Waals surface area contributed by atoms with Crippen molar-refractivity contribution in [2.45, 2.75) is 62.2 Å². The van der Waals surface area contributed by atoms with E-state index in [0.717, 1.165) is 101 Å². The summed E-state index contributed by atoms with van der Waals surface area (Å²) in [6.07, 6.45) is -3.51. The van der Waals surface area contributed by atoms with E-state index >= 15 is 0 Å². The molecule has 0 atom stereocenters. The van der Waals surface area contributed by atoms with Crippen LogP contribution in [0.5, 0.6) is 5.75 Å². The lowest BCUT2D eigenvalue weighted by Gasteiger charge is -2.32. The van der Waals surface area contributed by atoms with Gasteiger partial charge in [-0.2, -0.15) is 47.9 Å². The Kier molecular flexibility index (Phi) is 22.6. The van der Waals surface area contributed by atoms with Crippen molar-refractivity contribution in [3.05, 3.63) is 364 Å². The highest BCUT2D eigenvalue weighted by Crippen LogP contribution is 2.56. The molecular weight excluding hydrogens is 1630 g/mol. The Morgan fingerprint density at radius 3 is 0.897 bits per heavy atom. The van der Waals surface area contributed by atoms with E-state index in [0.29, 0.717) is 51.6 Å². The average molecular weight is 1700 g/mol. The van der Waals surface area contributed by atoms with Crippen LogP contribution in [0.1, 0.15) is 27.7 Å². The summed E-state index contributed by atoms with van der Waals surface area (Å²) in [5, 5.41) is -2.43. The second-order valence-corrected chi connectivity index (χ2v) is 32.4. The molecule has 24 heteroatoms. The van der Waals surface area contributed by atoms with Gasteiger partial charge >= 0.3 is 40.5 Å². The first-order chi connectivity index (χ1) is 60.6. The van der Waals surface area contributed by atoms with Crippen LogP contribution in [-0.2, 0) is 19.4 Å². The molecule has 1 aliphatic heterocycles. The maximum atomic E-state index is 14.4. The Labute approximate surface area is 719 Å². The fraction of sp³-hybridized carbons (Fsp3) is 0.0980. The van der Waals surface area contributed by atoms with Gasteiger partial charge in [-0.25, -0.2) is 29.9 Å². The van der Waals surface area contributed by atoms with Gasteiger partial charge < -0.3 is 13.5 Å². The standard InChI is InChI=1S/C46H30N4.C35H20F9N3O3S.C21H22BNO2/c1-3-11-35(12-4-1)44-48-45(36-13-5-2-6-14-36)50-46(49-44)37-28-26-32(27-29-37)39-18-9-20-41-38(17-8-21-42(39)41)31-22-24-33(25-23-31)40-19-7-15-34-16-10-30-47-43(34)40;36-32(37,34(40,41)42)33(38,39)35(43,44)51(48,49)50-28-16-8-14-26-25(13-7-15-27(26)28)21-17-19-24(20-18-21)31-46-29(22-9-3-1-4-10-22)45-30(47-31)23-11-5-2-6-12-23;1-20(2)21(3,4)25-22(24-20)17-12-10-15(11-13-17)18-9-5-7-16-8-6-14-23-19(16)18/h1-30H;1-20H;5-14H,1-4H3. The number of pyridine rings is 2. The van der Waals surface area contributed by atoms with Crippen molar-refractivity contribution in [1.29, 1.82) is 0 Å². The summed E-state index contributed by atoms with van der Waals surface area (Å²) in [6.45, 7) is 8.29. The largest absolute Gasteiger partial charge is 0.494 e. The first-order valence-corrected chi connectivity index (χ1v) is 41.4. The molecule has 0 spiro atoms. The van der Waals surface area contributed by atoms with E-state index in [2.05, 4.69) is 215 Å². The van der Waals surface area contributed by atoms with Crippen LogP contribution in [0.3, 0.4) is 0 Å². The highest BCUT2D eigenvalue weighted by Gasteiger charge is 2.86. The molecule has 0 amide bonds. The molecule has 1 aliphatic rings. The quantitative estimate of drug-likeness (QED) is 0.0481. The van der Waals surface area contributed by atoms with Crippen molar-refractivity contribution in [2.24, 2.45) is 0 Å². The number of hydrogen-bond donors (Lipinski definition) is 0. The number of benzene rings is 14. The van der Waals surface area contributed by atoms with Gasteiger partial charge in [-0.05, 0) is 112 Å². The van der Waals surface area contributed by atoms with E-state index < -0.39 is 39.1 Å². The van der Waals surface area contributed by atoms with Crippen molar-refractivity contribution in [3.63, 3.8) is 0 Å². The van der Waals surface area contributed by atoms with E-state index in [1.807, 2.05) is 146 Å². The van der Waals surface area contributed by atoms with Crippen molar-refractivity contribution in [2.75, 3.05) is 0 Å². The van der Waals surface area contributed by atoms with Gasteiger partial charge in [0.1, 0.15) is 0 Å². The number of alkyl halides is 9. The minimum absolute atomic E-state index is 0.131. The molecule has 0 saturated carbocycles. The van der Waals surface area contributed by atoms with Crippen LogP contribution in [-0.4, -0.2) is 89.9 Å². The molecule has 5 heterocycles. The van der Waals surface area contributed by atoms with Gasteiger partial charge in [0.25, 0.3) is 0 Å². The summed E-state index contributed by atoms with van der Waals surface area (Å²) < 4.78 is 162. The molecule has 19 rings (SSSR count). The lowest BCUT2D eigenvalue weighted by molar-refractivity contribution is -0.382. The lowest BCUT2D eigenvalue weighted by atomic mass is 9.78. The van der Waals surface area contributed by atoms with Gasteiger partial charge in [0.05, 0.1) is 22.2 Å². The van der Waals surface area contributed by atoms with Gasteiger partial charge in [0.15, 0.2) is 40.7 Å². The summed E-state index contributed by atoms with van der Waals surface area (Å²) in [5.74, 6) is -12.8. The molecule has 14 aromatic carbocycles. The molecule has 13 nitrogen and oxygen atoms in total. The van der Waals surface area contributed by atoms with Crippen LogP contribution in [0.25, 0.3) is 167 Å². The van der Waals surface area contributed by atoms with E-state index in [-0.39, 0.29) is 29.1 Å². The normalized spacial score (nSPS) is 13.4. The van der Waals surface area contributed by atoms with Crippen LogP contribution in [0.2, 0.25) is 0 Å². The SMILES string of the molecule is CC1(C)OB(c2ccc(-c3cccc4cccnc34)cc2)OC1(C)C.O=S(=O)(Oc1cccc2c(-c3ccc(-c4nc(-c5ccccc5)nc(-c5ccccc5)n4)cc3)cccc12)C(F)(F)C(F)(F)C(F)(F)C(F)(F)F.c1ccc(-c2nc(-c3ccccc3)nc(-c3ccc(-c4cccc5c(-c6ccc(-c7cccc8cccnc78)cc6)cccc45)cc3)n2)cc1. The fourth-order valence-corrected chi connectivity index (χ4v) is 15.8.